The van der Waals surface area contributed by atoms with Crippen LogP contribution in [0.5, 0.6) is 0 Å². The summed E-state index contributed by atoms with van der Waals surface area (Å²) >= 11 is 1.25. The maximum absolute atomic E-state index is 11.7. The smallest absolute Gasteiger partial charge is 0.210 e. The third kappa shape index (κ3) is 5.66. The first kappa shape index (κ1) is 14.7. The minimum absolute atomic E-state index is 0.406. The van der Waals surface area contributed by atoms with E-state index in [2.05, 4.69) is 11.6 Å². The summed E-state index contributed by atoms with van der Waals surface area (Å²) in [6.07, 6.45) is 7.01. The van der Waals surface area contributed by atoms with Crippen LogP contribution in [-0.2, 0) is 10.0 Å². The molecule has 1 heterocycles. The van der Waals surface area contributed by atoms with Crippen LogP contribution in [0.2, 0.25) is 0 Å². The average molecular weight is 275 g/mol. The largest absolute Gasteiger partial charge is 0.250 e. The lowest BCUT2D eigenvalue weighted by molar-refractivity contribution is 0.569. The summed E-state index contributed by atoms with van der Waals surface area (Å²) in [6.45, 7) is 2.74. The molecule has 0 saturated carbocycles. The highest BCUT2D eigenvalue weighted by Crippen LogP contribution is 2.15. The molecule has 0 unspecified atom stereocenters. The Morgan fingerprint density at radius 3 is 2.53 bits per heavy atom. The van der Waals surface area contributed by atoms with Crippen molar-refractivity contribution in [3.63, 3.8) is 0 Å². The van der Waals surface area contributed by atoms with Gasteiger partial charge >= 0.3 is 0 Å². The number of nitrogens with one attached hydrogen (secondary N) is 1. The Labute approximate surface area is 108 Å². The van der Waals surface area contributed by atoms with E-state index < -0.39 is 10.0 Å². The molecule has 0 aromatic carbocycles. The fourth-order valence-electron chi connectivity index (χ4n) is 1.60. The summed E-state index contributed by atoms with van der Waals surface area (Å²) in [5.74, 6) is 0. The van der Waals surface area contributed by atoms with Gasteiger partial charge in [0.25, 0.3) is 0 Å². The monoisotopic (exact) mass is 275 g/mol. The molecular weight excluding hydrogens is 254 g/mol. The van der Waals surface area contributed by atoms with Crippen molar-refractivity contribution in [1.29, 1.82) is 0 Å². The predicted molar refractivity (Wildman–Crippen MR) is 72.9 cm³/mol. The average Bonchev–Trinajstić information content (AvgIpc) is 2.82. The molecule has 1 N–H and O–H groups in total. The number of thiophene rings is 1. The van der Waals surface area contributed by atoms with Gasteiger partial charge in [-0.15, -0.1) is 11.3 Å². The topological polar surface area (TPSA) is 46.2 Å². The maximum Gasteiger partial charge on any atom is 0.250 e. The van der Waals surface area contributed by atoms with Crippen molar-refractivity contribution in [3.8, 4) is 0 Å². The first-order valence-electron chi connectivity index (χ1n) is 6.20. The second kappa shape index (κ2) is 7.84. The number of hydrogen-bond donors (Lipinski definition) is 1. The minimum Gasteiger partial charge on any atom is -0.210 e. The van der Waals surface area contributed by atoms with Crippen molar-refractivity contribution in [1.82, 2.24) is 4.72 Å². The molecule has 0 aliphatic rings. The molecule has 0 fully saturated rings. The molecule has 0 spiro atoms. The van der Waals surface area contributed by atoms with Crippen molar-refractivity contribution >= 4 is 21.4 Å². The van der Waals surface area contributed by atoms with Gasteiger partial charge in [-0.25, -0.2) is 13.1 Å². The predicted octanol–water partition coefficient (Wildman–Crippen LogP) is 3.39. The van der Waals surface area contributed by atoms with Gasteiger partial charge in [0.2, 0.25) is 10.0 Å². The third-order valence-corrected chi connectivity index (χ3v) is 5.44. The molecule has 17 heavy (non-hydrogen) atoms. The van der Waals surface area contributed by atoms with Crippen molar-refractivity contribution in [2.24, 2.45) is 0 Å². The van der Waals surface area contributed by atoms with Gasteiger partial charge in [0.15, 0.2) is 0 Å². The van der Waals surface area contributed by atoms with E-state index in [0.29, 0.717) is 10.8 Å². The highest BCUT2D eigenvalue weighted by atomic mass is 32.2. The zero-order valence-corrected chi connectivity index (χ0v) is 11.9. The fraction of sp³-hybridized carbons (Fsp3) is 0.667. The van der Waals surface area contributed by atoms with Gasteiger partial charge in [-0.05, 0) is 17.9 Å². The van der Waals surface area contributed by atoms with E-state index in [1.54, 1.807) is 17.5 Å². The lowest BCUT2D eigenvalue weighted by Crippen LogP contribution is -2.23. The van der Waals surface area contributed by atoms with Gasteiger partial charge in [0, 0.05) is 6.54 Å². The highest BCUT2D eigenvalue weighted by Gasteiger charge is 2.13. The number of sulfonamides is 1. The maximum atomic E-state index is 11.7. The lowest BCUT2D eigenvalue weighted by Gasteiger charge is -2.04. The molecule has 0 atom stereocenters. The molecule has 0 aliphatic carbocycles. The molecule has 0 amide bonds. The Hall–Kier alpha value is -0.390. The molecule has 0 aliphatic heterocycles. The summed E-state index contributed by atoms with van der Waals surface area (Å²) in [5.41, 5.74) is 0. The second-order valence-corrected chi connectivity index (χ2v) is 7.04. The molecule has 0 saturated heterocycles. The van der Waals surface area contributed by atoms with E-state index in [1.807, 2.05) is 0 Å². The van der Waals surface area contributed by atoms with Crippen molar-refractivity contribution in [2.75, 3.05) is 6.54 Å². The van der Waals surface area contributed by atoms with Crippen molar-refractivity contribution < 1.29 is 8.42 Å². The Morgan fingerprint density at radius 2 is 1.88 bits per heavy atom. The highest BCUT2D eigenvalue weighted by molar-refractivity contribution is 7.91. The molecular formula is C12H21NO2S2. The summed E-state index contributed by atoms with van der Waals surface area (Å²) in [6, 6.07) is 3.39. The van der Waals surface area contributed by atoms with E-state index in [0.717, 1.165) is 12.8 Å². The Morgan fingerprint density at radius 1 is 1.18 bits per heavy atom. The van der Waals surface area contributed by atoms with Crippen LogP contribution in [0.25, 0.3) is 0 Å². The van der Waals surface area contributed by atoms with E-state index in [1.165, 1.54) is 37.0 Å². The van der Waals surface area contributed by atoms with Gasteiger partial charge in [-0.2, -0.15) is 0 Å². The molecule has 1 rings (SSSR count). The Balaban J connectivity index is 2.14. The fourth-order valence-corrected chi connectivity index (χ4v) is 3.71. The Bertz CT molecular complexity index is 385. The lowest BCUT2D eigenvalue weighted by atomic mass is 10.1. The third-order valence-electron chi connectivity index (χ3n) is 2.58. The summed E-state index contributed by atoms with van der Waals surface area (Å²) < 4.78 is 26.5. The van der Waals surface area contributed by atoms with Crippen LogP contribution in [0.3, 0.4) is 0 Å². The molecule has 0 radical (unpaired) electrons. The van der Waals surface area contributed by atoms with Gasteiger partial charge in [-0.1, -0.05) is 45.1 Å². The summed E-state index contributed by atoms with van der Waals surface area (Å²) in [4.78, 5) is 0. The van der Waals surface area contributed by atoms with Crippen LogP contribution in [0.15, 0.2) is 21.7 Å². The van der Waals surface area contributed by atoms with E-state index >= 15 is 0 Å². The molecule has 98 valence electrons. The number of rotatable bonds is 9. The first-order chi connectivity index (χ1) is 8.17. The van der Waals surface area contributed by atoms with Crippen LogP contribution < -0.4 is 4.72 Å². The molecule has 5 heteroatoms. The van der Waals surface area contributed by atoms with Crippen molar-refractivity contribution in [3.05, 3.63) is 17.5 Å². The normalized spacial score (nSPS) is 11.8. The second-order valence-electron chi connectivity index (χ2n) is 4.10. The van der Waals surface area contributed by atoms with Gasteiger partial charge < -0.3 is 0 Å². The standard InChI is InChI=1S/C12H21NO2S2/c1-2-3-4-5-6-7-10-13-17(14,15)12-9-8-11-16-12/h8-9,11,13H,2-7,10H2,1H3. The SMILES string of the molecule is CCCCCCCCNS(=O)(=O)c1cccs1. The molecule has 0 bridgehead atoms. The van der Waals surface area contributed by atoms with E-state index in [-0.39, 0.29) is 0 Å². The zero-order chi connectivity index (χ0) is 12.6. The van der Waals surface area contributed by atoms with Crippen molar-refractivity contribution in [2.45, 2.75) is 49.7 Å². The van der Waals surface area contributed by atoms with Gasteiger partial charge in [0.1, 0.15) is 4.21 Å². The van der Waals surface area contributed by atoms with E-state index in [4.69, 9.17) is 0 Å². The number of hydrogen-bond acceptors (Lipinski definition) is 3. The minimum atomic E-state index is -3.25. The van der Waals surface area contributed by atoms with Crippen LogP contribution in [0.1, 0.15) is 45.4 Å². The number of unbranched alkanes of at least 4 members (excludes halogenated alkanes) is 5. The van der Waals surface area contributed by atoms with Crippen LogP contribution in [0.4, 0.5) is 0 Å². The molecule has 1 aromatic rings. The molecule has 1 aromatic heterocycles. The van der Waals surface area contributed by atoms with Crippen LogP contribution in [0, 0.1) is 0 Å². The zero-order valence-electron chi connectivity index (χ0n) is 10.3. The van der Waals surface area contributed by atoms with Gasteiger partial charge in [0.05, 0.1) is 0 Å². The quantitative estimate of drug-likeness (QED) is 0.702. The Kier molecular flexibility index (Phi) is 6.77. The van der Waals surface area contributed by atoms with E-state index in [9.17, 15) is 8.42 Å². The van der Waals surface area contributed by atoms with Gasteiger partial charge in [-0.3, -0.25) is 0 Å². The van der Waals surface area contributed by atoms with Crippen LogP contribution >= 0.6 is 11.3 Å². The summed E-state index contributed by atoms with van der Waals surface area (Å²) in [5, 5.41) is 1.78. The first-order valence-corrected chi connectivity index (χ1v) is 8.56. The molecule has 3 nitrogen and oxygen atoms in total. The van der Waals surface area contributed by atoms with Crippen LogP contribution in [-0.4, -0.2) is 15.0 Å². The summed E-state index contributed by atoms with van der Waals surface area (Å²) in [7, 11) is -3.25.